The number of nitro groups is 1. The number of nitrogens with zero attached hydrogens (tertiary/aromatic N) is 1. The van der Waals surface area contributed by atoms with Crippen molar-refractivity contribution in [2.75, 3.05) is 0 Å². The van der Waals surface area contributed by atoms with Gasteiger partial charge in [0.15, 0.2) is 0 Å². The molecular formula is C20H26N2O6S. The predicted molar refractivity (Wildman–Crippen MR) is 111 cm³/mol. The molecule has 158 valence electrons. The average Bonchev–Trinajstić information content (AvgIpc) is 2.66. The van der Waals surface area contributed by atoms with E-state index in [0.29, 0.717) is 24.8 Å². The molecule has 9 heteroatoms. The van der Waals surface area contributed by atoms with Crippen LogP contribution in [0.3, 0.4) is 0 Å². The molecule has 1 saturated carbocycles. The summed E-state index contributed by atoms with van der Waals surface area (Å²) in [7, 11) is -3.62. The van der Waals surface area contributed by atoms with Gasteiger partial charge in [-0.25, -0.2) is 13.1 Å². The molecule has 1 aliphatic carbocycles. The first kappa shape index (κ1) is 22.8. The highest BCUT2D eigenvalue weighted by Crippen LogP contribution is 2.26. The summed E-state index contributed by atoms with van der Waals surface area (Å²) in [6.07, 6.45) is 10.3. The lowest BCUT2D eigenvalue weighted by Gasteiger charge is -2.27. The van der Waals surface area contributed by atoms with Gasteiger partial charge >= 0.3 is 5.97 Å². The summed E-state index contributed by atoms with van der Waals surface area (Å²) in [5.41, 5.74) is 0.513. The third-order valence-electron chi connectivity index (χ3n) is 4.76. The Morgan fingerprint density at radius 2 is 2.00 bits per heavy atom. The van der Waals surface area contributed by atoms with E-state index in [9.17, 15) is 23.3 Å². The zero-order valence-electron chi connectivity index (χ0n) is 16.1. The molecule has 0 radical (unpaired) electrons. The van der Waals surface area contributed by atoms with E-state index in [4.69, 9.17) is 5.11 Å². The van der Waals surface area contributed by atoms with Gasteiger partial charge < -0.3 is 5.11 Å². The van der Waals surface area contributed by atoms with Crippen molar-refractivity contribution in [1.29, 1.82) is 0 Å². The van der Waals surface area contributed by atoms with E-state index in [2.05, 4.69) is 10.8 Å². The Morgan fingerprint density at radius 1 is 1.28 bits per heavy atom. The number of benzene rings is 1. The van der Waals surface area contributed by atoms with E-state index in [0.717, 1.165) is 24.7 Å². The maximum atomic E-state index is 12.3. The lowest BCUT2D eigenvalue weighted by Crippen LogP contribution is -2.37. The van der Waals surface area contributed by atoms with Gasteiger partial charge in [-0.3, -0.25) is 14.9 Å². The zero-order valence-corrected chi connectivity index (χ0v) is 16.9. The van der Waals surface area contributed by atoms with Gasteiger partial charge in [0.2, 0.25) is 10.0 Å². The number of allylic oxidation sites excluding steroid dienone is 2. The van der Waals surface area contributed by atoms with Crippen LogP contribution in [0.2, 0.25) is 0 Å². The number of non-ortho nitro benzene ring substituents is 1. The second-order valence-electron chi connectivity index (χ2n) is 7.15. The van der Waals surface area contributed by atoms with Crippen molar-refractivity contribution in [3.8, 4) is 0 Å². The van der Waals surface area contributed by atoms with E-state index in [1.54, 1.807) is 0 Å². The molecule has 2 unspecified atom stereocenters. The fourth-order valence-electron chi connectivity index (χ4n) is 3.32. The van der Waals surface area contributed by atoms with Crippen LogP contribution >= 0.6 is 0 Å². The first-order valence-electron chi connectivity index (χ1n) is 9.58. The highest BCUT2D eigenvalue weighted by molar-refractivity contribution is 7.92. The van der Waals surface area contributed by atoms with Gasteiger partial charge in [-0.05, 0) is 61.8 Å². The highest BCUT2D eigenvalue weighted by Gasteiger charge is 2.23. The first-order valence-corrected chi connectivity index (χ1v) is 11.1. The predicted octanol–water partition coefficient (Wildman–Crippen LogP) is 3.85. The number of sulfonamides is 1. The van der Waals surface area contributed by atoms with Crippen molar-refractivity contribution in [2.24, 2.45) is 5.92 Å². The van der Waals surface area contributed by atoms with Crippen LogP contribution in [-0.4, -0.2) is 30.5 Å². The van der Waals surface area contributed by atoms with E-state index in [1.807, 2.05) is 6.08 Å². The Kier molecular flexibility index (Phi) is 8.53. The smallest absolute Gasteiger partial charge is 0.303 e. The summed E-state index contributed by atoms with van der Waals surface area (Å²) < 4.78 is 27.4. The first-order chi connectivity index (χ1) is 13.7. The zero-order chi connectivity index (χ0) is 21.3. The van der Waals surface area contributed by atoms with Crippen molar-refractivity contribution in [1.82, 2.24) is 4.72 Å². The fraction of sp³-hybridized carbons (Fsp3) is 0.450. The largest absolute Gasteiger partial charge is 0.481 e. The van der Waals surface area contributed by atoms with Gasteiger partial charge in [-0.2, -0.15) is 0 Å². The Labute approximate surface area is 170 Å². The van der Waals surface area contributed by atoms with Crippen LogP contribution in [0.25, 0.3) is 6.08 Å². The fourth-order valence-corrected chi connectivity index (χ4v) is 4.41. The number of carboxylic acid groups (broad SMARTS) is 1. The Balaban J connectivity index is 1.86. The molecule has 1 aliphatic rings. The number of rotatable bonds is 10. The molecule has 0 saturated heterocycles. The third kappa shape index (κ3) is 8.57. The maximum absolute atomic E-state index is 12.3. The van der Waals surface area contributed by atoms with Crippen LogP contribution in [0.4, 0.5) is 5.69 Å². The standard InChI is InChI=1S/C20H26N2O6S/c23-20(24)8-3-1-2-5-17-6-4-7-18(15-17)21-29(27,28)14-13-16-9-11-19(12-10-16)22(25)26/h2,5,9-14,17-18,21H,1,3-4,6-8,15H2,(H,23,24)/b5-2+,14-13+. The molecule has 1 fully saturated rings. The summed E-state index contributed by atoms with van der Waals surface area (Å²) in [4.78, 5) is 20.7. The second-order valence-corrected chi connectivity index (χ2v) is 8.75. The second kappa shape index (κ2) is 10.9. The number of hydrogen-bond acceptors (Lipinski definition) is 5. The lowest BCUT2D eigenvalue weighted by atomic mass is 9.86. The lowest BCUT2D eigenvalue weighted by molar-refractivity contribution is -0.384. The molecule has 2 rings (SSSR count). The third-order valence-corrected chi connectivity index (χ3v) is 5.92. The van der Waals surface area contributed by atoms with Gasteiger partial charge in [-0.1, -0.05) is 18.6 Å². The molecule has 29 heavy (non-hydrogen) atoms. The van der Waals surface area contributed by atoms with Crippen molar-refractivity contribution < 1.29 is 23.2 Å². The average molecular weight is 423 g/mol. The quantitative estimate of drug-likeness (QED) is 0.255. The molecule has 0 aromatic heterocycles. The number of unbranched alkanes of at least 4 members (excludes halogenated alkanes) is 1. The molecule has 2 N–H and O–H groups in total. The van der Waals surface area contributed by atoms with Crippen LogP contribution in [0, 0.1) is 16.0 Å². The minimum atomic E-state index is -3.62. The van der Waals surface area contributed by atoms with Crippen LogP contribution in [-0.2, 0) is 14.8 Å². The van der Waals surface area contributed by atoms with Crippen molar-refractivity contribution >= 4 is 27.8 Å². The normalized spacial score (nSPS) is 20.3. The number of hydrogen-bond donors (Lipinski definition) is 2. The number of nitro benzene ring substituents is 1. The Bertz CT molecular complexity index is 861. The number of carbonyl (C=O) groups is 1. The van der Waals surface area contributed by atoms with Crippen LogP contribution in [0.1, 0.15) is 50.5 Å². The molecule has 0 amide bonds. The van der Waals surface area contributed by atoms with Crippen LogP contribution in [0.5, 0.6) is 0 Å². The molecule has 1 aromatic carbocycles. The van der Waals surface area contributed by atoms with Gasteiger partial charge in [0.25, 0.3) is 5.69 Å². The Morgan fingerprint density at radius 3 is 2.66 bits per heavy atom. The molecule has 0 aliphatic heterocycles. The van der Waals surface area contributed by atoms with Crippen LogP contribution < -0.4 is 4.72 Å². The Hall–Kier alpha value is -2.52. The van der Waals surface area contributed by atoms with Gasteiger partial charge in [-0.15, -0.1) is 0 Å². The monoisotopic (exact) mass is 422 g/mol. The van der Waals surface area contributed by atoms with E-state index < -0.39 is 20.9 Å². The minimum Gasteiger partial charge on any atom is -0.481 e. The van der Waals surface area contributed by atoms with Crippen molar-refractivity contribution in [3.63, 3.8) is 0 Å². The molecular weight excluding hydrogens is 396 g/mol. The molecule has 0 heterocycles. The number of nitrogens with one attached hydrogen (secondary N) is 1. The summed E-state index contributed by atoms with van der Waals surface area (Å²) in [6, 6.07) is 5.50. The summed E-state index contributed by atoms with van der Waals surface area (Å²) in [5, 5.41) is 20.4. The van der Waals surface area contributed by atoms with Crippen molar-refractivity contribution in [3.05, 3.63) is 57.5 Å². The molecule has 8 nitrogen and oxygen atoms in total. The molecule has 1 aromatic rings. The topological polar surface area (TPSA) is 127 Å². The van der Waals surface area contributed by atoms with E-state index >= 15 is 0 Å². The highest BCUT2D eigenvalue weighted by atomic mass is 32.2. The van der Waals surface area contributed by atoms with E-state index in [-0.39, 0.29) is 24.1 Å². The summed E-state index contributed by atoms with van der Waals surface area (Å²) in [5.74, 6) is -0.521. The van der Waals surface area contributed by atoms with E-state index in [1.165, 1.54) is 30.3 Å². The van der Waals surface area contributed by atoms with Gasteiger partial charge in [0, 0.05) is 30.0 Å². The van der Waals surface area contributed by atoms with Crippen LogP contribution in [0.15, 0.2) is 41.8 Å². The van der Waals surface area contributed by atoms with Crippen molar-refractivity contribution in [2.45, 2.75) is 51.0 Å². The molecule has 2 atom stereocenters. The molecule has 0 bridgehead atoms. The SMILES string of the molecule is O=C(O)CCC/C=C/C1CCCC(NS(=O)(=O)/C=C/c2ccc([N+](=O)[O-])cc2)C1. The minimum absolute atomic E-state index is 0.0487. The summed E-state index contributed by atoms with van der Waals surface area (Å²) in [6.45, 7) is 0. The summed E-state index contributed by atoms with van der Waals surface area (Å²) >= 11 is 0. The molecule has 0 spiro atoms. The maximum Gasteiger partial charge on any atom is 0.303 e. The van der Waals surface area contributed by atoms with Gasteiger partial charge in [0.1, 0.15) is 0 Å². The number of carboxylic acids is 1. The van der Waals surface area contributed by atoms with Gasteiger partial charge in [0.05, 0.1) is 4.92 Å². The number of aliphatic carboxylic acids is 1.